The van der Waals surface area contributed by atoms with Crippen LogP contribution in [-0.2, 0) is 9.59 Å². The van der Waals surface area contributed by atoms with Gasteiger partial charge in [-0.25, -0.2) is 0 Å². The lowest BCUT2D eigenvalue weighted by molar-refractivity contribution is -0.125. The number of anilines is 2. The summed E-state index contributed by atoms with van der Waals surface area (Å²) in [6.07, 6.45) is 0.133. The molecule has 0 bridgehead atoms. The second-order valence-electron chi connectivity index (χ2n) is 7.09. The molecular weight excluding hydrogens is 356 g/mol. The van der Waals surface area contributed by atoms with Gasteiger partial charge in [-0.05, 0) is 43.7 Å². The van der Waals surface area contributed by atoms with E-state index in [0.717, 1.165) is 5.75 Å². The standard InChI is InChI=1S/C22H26N2O4/c1-15(2)21(25)23-17-10-11-20-19(14-17)24(22(26)16(3)28-20)12-7-13-27-18-8-5-4-6-9-18/h4-6,8-11,14-16H,7,12-13H2,1-3H3,(H,23,25). The Labute approximate surface area is 165 Å². The molecule has 1 aliphatic rings. The molecule has 0 spiro atoms. The van der Waals surface area contributed by atoms with Crippen molar-refractivity contribution in [2.45, 2.75) is 33.3 Å². The van der Waals surface area contributed by atoms with Crippen molar-refractivity contribution >= 4 is 23.2 Å². The summed E-state index contributed by atoms with van der Waals surface area (Å²) in [7, 11) is 0. The molecule has 2 aromatic carbocycles. The first-order valence-corrected chi connectivity index (χ1v) is 9.56. The van der Waals surface area contributed by atoms with Crippen LogP contribution < -0.4 is 19.7 Å². The molecule has 0 fully saturated rings. The molecule has 1 heterocycles. The minimum atomic E-state index is -0.543. The molecule has 0 aliphatic carbocycles. The normalized spacial score (nSPS) is 15.8. The maximum Gasteiger partial charge on any atom is 0.267 e. The average molecular weight is 382 g/mol. The first kappa shape index (κ1) is 19.7. The summed E-state index contributed by atoms with van der Waals surface area (Å²) in [6, 6.07) is 15.0. The minimum Gasteiger partial charge on any atom is -0.494 e. The molecule has 1 atom stereocenters. The lowest BCUT2D eigenvalue weighted by Crippen LogP contribution is -2.45. The fourth-order valence-electron chi connectivity index (χ4n) is 2.93. The summed E-state index contributed by atoms with van der Waals surface area (Å²) in [5, 5.41) is 2.87. The quantitative estimate of drug-likeness (QED) is 0.739. The van der Waals surface area contributed by atoms with E-state index in [0.29, 0.717) is 36.7 Å². The summed E-state index contributed by atoms with van der Waals surface area (Å²) >= 11 is 0. The van der Waals surface area contributed by atoms with Gasteiger partial charge in [0.25, 0.3) is 5.91 Å². The highest BCUT2D eigenvalue weighted by molar-refractivity contribution is 6.01. The van der Waals surface area contributed by atoms with Crippen LogP contribution >= 0.6 is 0 Å². The van der Waals surface area contributed by atoms with Crippen LogP contribution in [0.2, 0.25) is 0 Å². The zero-order valence-electron chi connectivity index (χ0n) is 16.5. The number of nitrogens with zero attached hydrogens (tertiary/aromatic N) is 1. The number of hydrogen-bond donors (Lipinski definition) is 1. The summed E-state index contributed by atoms with van der Waals surface area (Å²) in [6.45, 7) is 6.42. The number of benzene rings is 2. The smallest absolute Gasteiger partial charge is 0.267 e. The Kier molecular flexibility index (Phi) is 6.19. The highest BCUT2D eigenvalue weighted by Crippen LogP contribution is 2.36. The number of rotatable bonds is 7. The Morgan fingerprint density at radius 2 is 1.96 bits per heavy atom. The Balaban J connectivity index is 1.69. The van der Waals surface area contributed by atoms with E-state index in [1.54, 1.807) is 30.0 Å². The predicted molar refractivity (Wildman–Crippen MR) is 109 cm³/mol. The van der Waals surface area contributed by atoms with E-state index < -0.39 is 6.10 Å². The molecule has 2 amide bonds. The molecule has 1 aliphatic heterocycles. The monoisotopic (exact) mass is 382 g/mol. The number of carbonyl (C=O) groups is 2. The number of para-hydroxylation sites is 1. The topological polar surface area (TPSA) is 67.9 Å². The molecular formula is C22H26N2O4. The maximum atomic E-state index is 12.7. The van der Waals surface area contributed by atoms with Crippen LogP contribution in [0.4, 0.5) is 11.4 Å². The molecule has 1 N–H and O–H groups in total. The van der Waals surface area contributed by atoms with Gasteiger partial charge in [-0.3, -0.25) is 9.59 Å². The zero-order chi connectivity index (χ0) is 20.1. The van der Waals surface area contributed by atoms with Gasteiger partial charge in [0.2, 0.25) is 5.91 Å². The largest absolute Gasteiger partial charge is 0.494 e. The fraction of sp³-hybridized carbons (Fsp3) is 0.364. The molecule has 0 saturated heterocycles. The molecule has 148 valence electrons. The fourth-order valence-corrected chi connectivity index (χ4v) is 2.93. The number of nitrogens with one attached hydrogen (secondary N) is 1. The van der Waals surface area contributed by atoms with E-state index >= 15 is 0 Å². The summed E-state index contributed by atoms with van der Waals surface area (Å²) < 4.78 is 11.4. The number of fused-ring (bicyclic) bond motifs is 1. The summed E-state index contributed by atoms with van der Waals surface area (Å²) in [5.74, 6) is 1.15. The molecule has 0 saturated carbocycles. The van der Waals surface area contributed by atoms with Crippen LogP contribution in [0.25, 0.3) is 0 Å². The summed E-state index contributed by atoms with van der Waals surface area (Å²) in [5.41, 5.74) is 1.32. The molecule has 6 nitrogen and oxygen atoms in total. The second-order valence-corrected chi connectivity index (χ2v) is 7.09. The predicted octanol–water partition coefficient (Wildman–Crippen LogP) is 3.86. The first-order valence-electron chi connectivity index (χ1n) is 9.56. The van der Waals surface area contributed by atoms with Crippen molar-refractivity contribution in [1.82, 2.24) is 0 Å². The lowest BCUT2D eigenvalue weighted by atomic mass is 10.1. The SMILES string of the molecule is CC(C)C(=O)Nc1ccc2c(c1)N(CCCOc1ccccc1)C(=O)C(C)O2. The number of amides is 2. The number of carbonyl (C=O) groups excluding carboxylic acids is 2. The molecule has 6 heteroatoms. The molecule has 3 rings (SSSR count). The molecule has 0 radical (unpaired) electrons. The van der Waals surface area contributed by atoms with E-state index in [2.05, 4.69) is 5.32 Å². The Hall–Kier alpha value is -3.02. The zero-order valence-corrected chi connectivity index (χ0v) is 16.5. The van der Waals surface area contributed by atoms with Crippen LogP contribution in [0.15, 0.2) is 48.5 Å². The van der Waals surface area contributed by atoms with Crippen molar-refractivity contribution < 1.29 is 19.1 Å². The highest BCUT2D eigenvalue weighted by atomic mass is 16.5. The Bertz CT molecular complexity index is 836. The van der Waals surface area contributed by atoms with Gasteiger partial charge in [0.05, 0.1) is 12.3 Å². The van der Waals surface area contributed by atoms with Crippen molar-refractivity contribution in [3.05, 3.63) is 48.5 Å². The van der Waals surface area contributed by atoms with Gasteiger partial charge >= 0.3 is 0 Å². The Morgan fingerprint density at radius 3 is 2.68 bits per heavy atom. The van der Waals surface area contributed by atoms with Crippen molar-refractivity contribution in [3.8, 4) is 11.5 Å². The average Bonchev–Trinajstić information content (AvgIpc) is 2.69. The van der Waals surface area contributed by atoms with Crippen molar-refractivity contribution in [1.29, 1.82) is 0 Å². The number of ether oxygens (including phenoxy) is 2. The van der Waals surface area contributed by atoms with Crippen molar-refractivity contribution in [2.24, 2.45) is 5.92 Å². The molecule has 1 unspecified atom stereocenters. The second kappa shape index (κ2) is 8.78. The van der Waals surface area contributed by atoms with E-state index in [1.165, 1.54) is 0 Å². The van der Waals surface area contributed by atoms with Gasteiger partial charge in [-0.1, -0.05) is 32.0 Å². The minimum absolute atomic E-state index is 0.0702. The van der Waals surface area contributed by atoms with Crippen LogP contribution in [0, 0.1) is 5.92 Å². The van der Waals surface area contributed by atoms with Gasteiger partial charge in [-0.15, -0.1) is 0 Å². The number of hydrogen-bond acceptors (Lipinski definition) is 4. The maximum absolute atomic E-state index is 12.7. The van der Waals surface area contributed by atoms with E-state index in [4.69, 9.17) is 9.47 Å². The molecule has 2 aromatic rings. The molecule has 0 aromatic heterocycles. The van der Waals surface area contributed by atoms with Gasteiger partial charge in [0.15, 0.2) is 6.10 Å². The van der Waals surface area contributed by atoms with Crippen LogP contribution in [0.5, 0.6) is 11.5 Å². The van der Waals surface area contributed by atoms with Gasteiger partial charge < -0.3 is 19.7 Å². The van der Waals surface area contributed by atoms with E-state index in [1.807, 2.05) is 44.2 Å². The van der Waals surface area contributed by atoms with Crippen LogP contribution in [-0.4, -0.2) is 31.1 Å². The van der Waals surface area contributed by atoms with Crippen LogP contribution in [0.1, 0.15) is 27.2 Å². The third-order valence-electron chi connectivity index (χ3n) is 4.50. The molecule has 28 heavy (non-hydrogen) atoms. The lowest BCUT2D eigenvalue weighted by Gasteiger charge is -2.33. The van der Waals surface area contributed by atoms with Gasteiger partial charge in [-0.2, -0.15) is 0 Å². The third-order valence-corrected chi connectivity index (χ3v) is 4.50. The van der Waals surface area contributed by atoms with Gasteiger partial charge in [0.1, 0.15) is 11.5 Å². The van der Waals surface area contributed by atoms with Crippen LogP contribution in [0.3, 0.4) is 0 Å². The van der Waals surface area contributed by atoms with Crippen molar-refractivity contribution in [3.63, 3.8) is 0 Å². The first-order chi connectivity index (χ1) is 13.5. The van der Waals surface area contributed by atoms with Gasteiger partial charge in [0, 0.05) is 18.2 Å². The highest BCUT2D eigenvalue weighted by Gasteiger charge is 2.31. The van der Waals surface area contributed by atoms with Crippen molar-refractivity contribution in [2.75, 3.05) is 23.4 Å². The summed E-state index contributed by atoms with van der Waals surface area (Å²) in [4.78, 5) is 26.4. The van der Waals surface area contributed by atoms with E-state index in [-0.39, 0.29) is 17.7 Å². The van der Waals surface area contributed by atoms with E-state index in [9.17, 15) is 9.59 Å². The Morgan fingerprint density at radius 1 is 1.21 bits per heavy atom. The third kappa shape index (κ3) is 4.63.